The number of aromatic nitrogens is 2. The molecule has 0 amide bonds. The quantitative estimate of drug-likeness (QED) is 0.918. The Morgan fingerprint density at radius 3 is 2.79 bits per heavy atom. The van der Waals surface area contributed by atoms with Gasteiger partial charge in [-0.2, -0.15) is 18.3 Å². The Morgan fingerprint density at radius 2 is 2.21 bits per heavy atom. The van der Waals surface area contributed by atoms with Crippen LogP contribution in [0.3, 0.4) is 0 Å². The van der Waals surface area contributed by atoms with E-state index >= 15 is 0 Å². The molecule has 1 aromatic rings. The third-order valence-electron chi connectivity index (χ3n) is 3.80. The predicted molar refractivity (Wildman–Crippen MR) is 66.9 cm³/mol. The predicted octanol–water partition coefficient (Wildman–Crippen LogP) is 2.46. The zero-order chi connectivity index (χ0) is 14.0. The van der Waals surface area contributed by atoms with E-state index in [1.54, 1.807) is 4.68 Å². The van der Waals surface area contributed by atoms with Crippen molar-refractivity contribution < 1.29 is 13.2 Å². The van der Waals surface area contributed by atoms with Gasteiger partial charge in [0.25, 0.3) is 0 Å². The number of alkyl halides is 3. The van der Waals surface area contributed by atoms with Crippen molar-refractivity contribution in [2.75, 3.05) is 6.54 Å². The number of hydrogen-bond donors (Lipinski definition) is 1. The highest BCUT2D eigenvalue weighted by Crippen LogP contribution is 2.34. The van der Waals surface area contributed by atoms with Gasteiger partial charge in [0.2, 0.25) is 0 Å². The molecule has 0 saturated carbocycles. The van der Waals surface area contributed by atoms with Crippen molar-refractivity contribution in [3.63, 3.8) is 0 Å². The summed E-state index contributed by atoms with van der Waals surface area (Å²) in [6, 6.07) is 1.87. The van der Waals surface area contributed by atoms with Crippen LogP contribution in [0.1, 0.15) is 31.2 Å². The van der Waals surface area contributed by atoms with Gasteiger partial charge >= 0.3 is 6.18 Å². The zero-order valence-electron chi connectivity index (χ0n) is 11.3. The van der Waals surface area contributed by atoms with Crippen LogP contribution in [0.4, 0.5) is 13.2 Å². The molecule has 0 aliphatic carbocycles. The lowest BCUT2D eigenvalue weighted by atomic mass is 9.90. The van der Waals surface area contributed by atoms with Gasteiger partial charge in [-0.25, -0.2) is 0 Å². The highest BCUT2D eigenvalue weighted by molar-refractivity contribution is 5.12. The number of nitrogens with one attached hydrogen (secondary N) is 1. The van der Waals surface area contributed by atoms with E-state index in [-0.39, 0.29) is 18.9 Å². The molecular formula is C13H20F3N3. The fraction of sp³-hybridized carbons (Fsp3) is 0.769. The first-order chi connectivity index (χ1) is 8.90. The Morgan fingerprint density at radius 1 is 1.47 bits per heavy atom. The summed E-state index contributed by atoms with van der Waals surface area (Å²) in [6.45, 7) is 2.46. The Kier molecular flexibility index (Phi) is 4.18. The van der Waals surface area contributed by atoms with E-state index < -0.39 is 12.1 Å². The first-order valence-electron chi connectivity index (χ1n) is 6.72. The molecule has 2 heterocycles. The smallest absolute Gasteiger partial charge is 0.314 e. The van der Waals surface area contributed by atoms with Gasteiger partial charge in [0.15, 0.2) is 0 Å². The minimum Gasteiger partial charge on any atom is -0.314 e. The van der Waals surface area contributed by atoms with Crippen molar-refractivity contribution >= 4 is 0 Å². The topological polar surface area (TPSA) is 29.9 Å². The van der Waals surface area contributed by atoms with Crippen LogP contribution in [-0.4, -0.2) is 28.5 Å². The standard InChI is InChI=1S/C13H20F3N3/c1-3-10-7-12(19(2)18-10)8-11-6-9(4-5-17-11)13(14,15)16/h7,9,11,17H,3-6,8H2,1-2H3. The van der Waals surface area contributed by atoms with Crippen LogP contribution >= 0.6 is 0 Å². The molecule has 19 heavy (non-hydrogen) atoms. The highest BCUT2D eigenvalue weighted by Gasteiger charge is 2.42. The Bertz CT molecular complexity index is 425. The van der Waals surface area contributed by atoms with Crippen molar-refractivity contribution in [3.8, 4) is 0 Å². The molecule has 0 bridgehead atoms. The van der Waals surface area contributed by atoms with Gasteiger partial charge in [-0.05, 0) is 31.9 Å². The number of halogens is 3. The van der Waals surface area contributed by atoms with Gasteiger partial charge in [0.1, 0.15) is 0 Å². The minimum absolute atomic E-state index is 0.111. The molecule has 0 aromatic carbocycles. The molecule has 2 rings (SSSR count). The van der Waals surface area contributed by atoms with E-state index in [0.717, 1.165) is 17.8 Å². The van der Waals surface area contributed by atoms with Crippen LogP contribution in [-0.2, 0) is 19.9 Å². The molecule has 1 N–H and O–H groups in total. The molecule has 1 saturated heterocycles. The summed E-state index contributed by atoms with van der Waals surface area (Å²) in [5, 5.41) is 7.51. The lowest BCUT2D eigenvalue weighted by Gasteiger charge is -2.31. The average Bonchev–Trinajstić information content (AvgIpc) is 2.70. The van der Waals surface area contributed by atoms with Crippen LogP contribution in [0.15, 0.2) is 6.07 Å². The van der Waals surface area contributed by atoms with E-state index in [1.165, 1.54) is 0 Å². The molecule has 1 aliphatic heterocycles. The molecule has 1 aliphatic rings. The van der Waals surface area contributed by atoms with Crippen LogP contribution in [0, 0.1) is 5.92 Å². The minimum atomic E-state index is -4.07. The van der Waals surface area contributed by atoms with E-state index in [2.05, 4.69) is 10.4 Å². The van der Waals surface area contributed by atoms with Gasteiger partial charge in [-0.15, -0.1) is 0 Å². The molecule has 3 nitrogen and oxygen atoms in total. The van der Waals surface area contributed by atoms with Crippen molar-refractivity contribution in [2.24, 2.45) is 13.0 Å². The second-order valence-corrected chi connectivity index (χ2v) is 5.22. The van der Waals surface area contributed by atoms with Crippen molar-refractivity contribution in [1.29, 1.82) is 0 Å². The molecule has 108 valence electrons. The molecule has 2 unspecified atom stereocenters. The summed E-state index contributed by atoms with van der Waals surface area (Å²) >= 11 is 0. The number of hydrogen-bond acceptors (Lipinski definition) is 2. The molecule has 6 heteroatoms. The summed E-state index contributed by atoms with van der Waals surface area (Å²) in [5.41, 5.74) is 1.98. The SMILES string of the molecule is CCc1cc(CC2CC(C(F)(F)F)CCN2)n(C)n1. The van der Waals surface area contributed by atoms with Gasteiger partial charge in [0, 0.05) is 25.2 Å². The van der Waals surface area contributed by atoms with Crippen molar-refractivity contribution in [2.45, 2.75) is 44.8 Å². The fourth-order valence-corrected chi connectivity index (χ4v) is 2.65. The Labute approximate surface area is 111 Å². The number of nitrogens with zero attached hydrogens (tertiary/aromatic N) is 2. The van der Waals surface area contributed by atoms with Crippen LogP contribution < -0.4 is 5.32 Å². The van der Waals surface area contributed by atoms with Gasteiger partial charge in [-0.1, -0.05) is 6.92 Å². The lowest BCUT2D eigenvalue weighted by Crippen LogP contribution is -2.44. The molecule has 2 atom stereocenters. The van der Waals surface area contributed by atoms with Crippen molar-refractivity contribution in [3.05, 3.63) is 17.5 Å². The summed E-state index contributed by atoms with van der Waals surface area (Å²) in [7, 11) is 1.85. The molecule has 1 aromatic heterocycles. The molecular weight excluding hydrogens is 255 g/mol. The van der Waals surface area contributed by atoms with Crippen LogP contribution in [0.5, 0.6) is 0 Å². The van der Waals surface area contributed by atoms with Crippen LogP contribution in [0.25, 0.3) is 0 Å². The number of rotatable bonds is 3. The monoisotopic (exact) mass is 275 g/mol. The zero-order valence-corrected chi connectivity index (χ0v) is 11.3. The molecule has 0 radical (unpaired) electrons. The summed E-state index contributed by atoms with van der Waals surface area (Å²) < 4.78 is 40.0. The van der Waals surface area contributed by atoms with E-state index in [9.17, 15) is 13.2 Å². The van der Waals surface area contributed by atoms with Crippen LogP contribution in [0.2, 0.25) is 0 Å². The Hall–Kier alpha value is -1.04. The summed E-state index contributed by atoms with van der Waals surface area (Å²) in [6.07, 6.45) is -2.27. The maximum Gasteiger partial charge on any atom is 0.391 e. The first kappa shape index (κ1) is 14.4. The largest absolute Gasteiger partial charge is 0.391 e. The average molecular weight is 275 g/mol. The van der Waals surface area contributed by atoms with Gasteiger partial charge in [0.05, 0.1) is 11.6 Å². The fourth-order valence-electron chi connectivity index (χ4n) is 2.65. The van der Waals surface area contributed by atoms with E-state index in [0.29, 0.717) is 13.0 Å². The highest BCUT2D eigenvalue weighted by atomic mass is 19.4. The maximum absolute atomic E-state index is 12.7. The lowest BCUT2D eigenvalue weighted by molar-refractivity contribution is -0.183. The van der Waals surface area contributed by atoms with E-state index in [4.69, 9.17) is 0 Å². The van der Waals surface area contributed by atoms with E-state index in [1.807, 2.05) is 20.0 Å². The third kappa shape index (κ3) is 3.49. The summed E-state index contributed by atoms with van der Waals surface area (Å²) in [4.78, 5) is 0. The molecule has 0 spiro atoms. The Balaban J connectivity index is 2.00. The van der Waals surface area contributed by atoms with Gasteiger partial charge < -0.3 is 5.32 Å². The number of aryl methyl sites for hydroxylation is 2. The normalized spacial score (nSPS) is 24.7. The molecule has 1 fully saturated rings. The third-order valence-corrected chi connectivity index (χ3v) is 3.80. The second-order valence-electron chi connectivity index (χ2n) is 5.22. The number of piperidine rings is 1. The maximum atomic E-state index is 12.7. The first-order valence-corrected chi connectivity index (χ1v) is 6.72. The van der Waals surface area contributed by atoms with Crippen molar-refractivity contribution in [1.82, 2.24) is 15.1 Å². The van der Waals surface area contributed by atoms with Gasteiger partial charge in [-0.3, -0.25) is 4.68 Å². The second kappa shape index (κ2) is 5.53. The summed E-state index contributed by atoms with van der Waals surface area (Å²) in [5.74, 6) is -1.17.